The number of carbonyl (C=O) groups is 1. The molecule has 1 aliphatic rings. The summed E-state index contributed by atoms with van der Waals surface area (Å²) in [6.45, 7) is 6.42. The standard InChI is InChI=1S/C32H34BrN5O4S/c1-6-15-43-32-36-31-34-20(3)27(30(39)35-24-13-9-10-14-25(24)40-4)28(38(31)37-32)22-16-23(33)29(26(17-22)41-5)42-18-21-12-8-7-11-19(21)2/h7-14,16-17,28H,6,15,18H2,1-5H3,(H,35,39)(H,34,36,37). The number of halogens is 1. The predicted molar refractivity (Wildman–Crippen MR) is 173 cm³/mol. The summed E-state index contributed by atoms with van der Waals surface area (Å²) in [4.78, 5) is 18.7. The van der Waals surface area contributed by atoms with Crippen molar-refractivity contribution in [3.05, 3.63) is 93.1 Å². The lowest BCUT2D eigenvalue weighted by atomic mass is 9.94. The maximum Gasteiger partial charge on any atom is 0.255 e. The average Bonchev–Trinajstić information content (AvgIpc) is 3.41. The molecule has 3 aromatic carbocycles. The van der Waals surface area contributed by atoms with Crippen LogP contribution in [0.2, 0.25) is 0 Å². The second kappa shape index (κ2) is 13.6. The quantitative estimate of drug-likeness (QED) is 0.160. The molecule has 0 radical (unpaired) electrons. The molecular weight excluding hydrogens is 630 g/mol. The van der Waals surface area contributed by atoms with Gasteiger partial charge in [0.05, 0.1) is 30.0 Å². The summed E-state index contributed by atoms with van der Waals surface area (Å²) in [6.07, 6.45) is 0.989. The lowest BCUT2D eigenvalue weighted by Crippen LogP contribution is -2.31. The van der Waals surface area contributed by atoms with E-state index in [4.69, 9.17) is 24.3 Å². The van der Waals surface area contributed by atoms with Gasteiger partial charge in [-0.15, -0.1) is 5.10 Å². The number of ether oxygens (including phenoxy) is 3. The number of carbonyl (C=O) groups excluding carboxylic acids is 1. The van der Waals surface area contributed by atoms with Gasteiger partial charge in [0.2, 0.25) is 11.1 Å². The van der Waals surface area contributed by atoms with Crippen LogP contribution in [0.1, 0.15) is 43.0 Å². The molecule has 9 nitrogen and oxygen atoms in total. The van der Waals surface area contributed by atoms with Gasteiger partial charge in [0, 0.05) is 11.4 Å². The highest BCUT2D eigenvalue weighted by molar-refractivity contribution is 9.10. The van der Waals surface area contributed by atoms with Gasteiger partial charge in [-0.25, -0.2) is 4.68 Å². The Kier molecular flexibility index (Phi) is 9.62. The average molecular weight is 665 g/mol. The van der Waals surface area contributed by atoms with E-state index in [9.17, 15) is 4.79 Å². The third kappa shape index (κ3) is 6.52. The number of thioether (sulfide) groups is 1. The Labute approximate surface area is 264 Å². The van der Waals surface area contributed by atoms with Crippen molar-refractivity contribution in [2.75, 3.05) is 30.6 Å². The summed E-state index contributed by atoms with van der Waals surface area (Å²) in [5.74, 6) is 2.81. The molecule has 2 N–H and O–H groups in total. The molecule has 0 spiro atoms. The molecule has 1 atom stereocenters. The minimum Gasteiger partial charge on any atom is -0.495 e. The number of nitrogens with zero attached hydrogens (tertiary/aromatic N) is 3. The van der Waals surface area contributed by atoms with Crippen molar-refractivity contribution in [3.63, 3.8) is 0 Å². The number of hydrogen-bond acceptors (Lipinski definition) is 8. The van der Waals surface area contributed by atoms with Crippen LogP contribution >= 0.6 is 27.7 Å². The lowest BCUT2D eigenvalue weighted by Gasteiger charge is -2.29. The Balaban J connectivity index is 1.56. The smallest absolute Gasteiger partial charge is 0.255 e. The second-order valence-electron chi connectivity index (χ2n) is 9.98. The van der Waals surface area contributed by atoms with E-state index in [-0.39, 0.29) is 5.91 Å². The molecule has 0 saturated carbocycles. The number of fused-ring (bicyclic) bond motifs is 1. The molecule has 2 heterocycles. The second-order valence-corrected chi connectivity index (χ2v) is 11.9. The van der Waals surface area contributed by atoms with Crippen LogP contribution in [0.15, 0.2) is 81.6 Å². The molecule has 11 heteroatoms. The van der Waals surface area contributed by atoms with Crippen LogP contribution in [-0.2, 0) is 11.4 Å². The van der Waals surface area contributed by atoms with Crippen LogP contribution in [0, 0.1) is 6.92 Å². The van der Waals surface area contributed by atoms with E-state index >= 15 is 0 Å². The zero-order valence-corrected chi connectivity index (χ0v) is 27.1. The monoisotopic (exact) mass is 663 g/mol. The summed E-state index contributed by atoms with van der Waals surface area (Å²) >= 11 is 5.29. The van der Waals surface area contributed by atoms with Crippen LogP contribution < -0.4 is 24.8 Å². The van der Waals surface area contributed by atoms with Crippen LogP contribution in [0.4, 0.5) is 11.6 Å². The van der Waals surface area contributed by atoms with E-state index in [1.807, 2.05) is 49.4 Å². The van der Waals surface area contributed by atoms with Crippen LogP contribution in [0.3, 0.4) is 0 Å². The minimum atomic E-state index is -0.606. The van der Waals surface area contributed by atoms with Gasteiger partial charge in [0.15, 0.2) is 11.5 Å². The third-order valence-corrected chi connectivity index (χ3v) is 8.70. The summed E-state index contributed by atoms with van der Waals surface area (Å²) < 4.78 is 20.0. The molecule has 1 aliphatic heterocycles. The van der Waals surface area contributed by atoms with Gasteiger partial charge >= 0.3 is 0 Å². The summed E-state index contributed by atoms with van der Waals surface area (Å²) in [7, 11) is 3.18. The van der Waals surface area contributed by atoms with Crippen molar-refractivity contribution in [3.8, 4) is 17.2 Å². The molecule has 4 aromatic rings. The number of hydrogen-bond donors (Lipinski definition) is 2. The highest BCUT2D eigenvalue weighted by Gasteiger charge is 2.35. The maximum atomic E-state index is 14.0. The fourth-order valence-corrected chi connectivity index (χ4v) is 6.14. The number of anilines is 2. The fourth-order valence-electron chi connectivity index (χ4n) is 4.89. The topological polar surface area (TPSA) is 99.5 Å². The fraction of sp³-hybridized carbons (Fsp3) is 0.281. The van der Waals surface area contributed by atoms with E-state index in [2.05, 4.69) is 46.5 Å². The van der Waals surface area contributed by atoms with E-state index < -0.39 is 6.04 Å². The largest absolute Gasteiger partial charge is 0.495 e. The Morgan fingerprint density at radius 3 is 2.56 bits per heavy atom. The number of aromatic nitrogens is 3. The Morgan fingerprint density at radius 2 is 1.81 bits per heavy atom. The van der Waals surface area contributed by atoms with Crippen molar-refractivity contribution in [2.24, 2.45) is 0 Å². The lowest BCUT2D eigenvalue weighted by molar-refractivity contribution is -0.113. The SMILES string of the molecule is CCCSc1nc2n(n1)C(c1cc(Br)c(OCc3ccccc3C)c(OC)c1)C(C(=O)Nc1ccccc1OC)=C(C)N2. The normalized spacial score (nSPS) is 14.1. The highest BCUT2D eigenvalue weighted by Crippen LogP contribution is 2.43. The van der Waals surface area contributed by atoms with Gasteiger partial charge < -0.3 is 24.8 Å². The number of para-hydroxylation sites is 2. The molecule has 5 rings (SSSR count). The van der Waals surface area contributed by atoms with Crippen LogP contribution in [0.25, 0.3) is 0 Å². The van der Waals surface area contributed by atoms with E-state index in [0.29, 0.717) is 56.4 Å². The molecule has 1 unspecified atom stereocenters. The molecule has 0 fully saturated rings. The van der Waals surface area contributed by atoms with Crippen molar-refractivity contribution in [1.82, 2.24) is 14.8 Å². The Hall–Kier alpha value is -3.96. The molecule has 0 aliphatic carbocycles. The minimum absolute atomic E-state index is 0.293. The first-order valence-electron chi connectivity index (χ1n) is 13.9. The molecule has 0 saturated heterocycles. The predicted octanol–water partition coefficient (Wildman–Crippen LogP) is 7.37. The third-order valence-electron chi connectivity index (χ3n) is 7.07. The first kappa shape index (κ1) is 30.5. The molecule has 224 valence electrons. The van der Waals surface area contributed by atoms with Crippen molar-refractivity contribution in [1.29, 1.82) is 0 Å². The highest BCUT2D eigenvalue weighted by atomic mass is 79.9. The van der Waals surface area contributed by atoms with Gasteiger partial charge in [-0.05, 0) is 77.2 Å². The number of benzene rings is 3. The van der Waals surface area contributed by atoms with Crippen molar-refractivity contribution < 1.29 is 19.0 Å². The Bertz CT molecular complexity index is 1670. The maximum absolute atomic E-state index is 14.0. The van der Waals surface area contributed by atoms with Gasteiger partial charge in [0.25, 0.3) is 5.91 Å². The van der Waals surface area contributed by atoms with E-state index in [0.717, 1.165) is 28.9 Å². The summed E-state index contributed by atoms with van der Waals surface area (Å²) in [6, 6.07) is 18.6. The van der Waals surface area contributed by atoms with Crippen LogP contribution in [0.5, 0.6) is 17.2 Å². The number of rotatable bonds is 11. The zero-order valence-electron chi connectivity index (χ0n) is 24.7. The number of nitrogens with one attached hydrogen (secondary N) is 2. The van der Waals surface area contributed by atoms with E-state index in [1.165, 1.54) is 0 Å². The Morgan fingerprint density at radius 1 is 1.07 bits per heavy atom. The van der Waals surface area contributed by atoms with Gasteiger partial charge in [-0.3, -0.25) is 4.79 Å². The number of methoxy groups -OCH3 is 2. The molecule has 0 bridgehead atoms. The summed E-state index contributed by atoms with van der Waals surface area (Å²) in [5.41, 5.74) is 4.72. The number of aryl methyl sites for hydroxylation is 1. The van der Waals surface area contributed by atoms with Gasteiger partial charge in [-0.1, -0.05) is 55.1 Å². The van der Waals surface area contributed by atoms with Gasteiger partial charge in [0.1, 0.15) is 18.4 Å². The summed E-state index contributed by atoms with van der Waals surface area (Å²) in [5, 5.41) is 11.8. The molecule has 43 heavy (non-hydrogen) atoms. The first-order valence-corrected chi connectivity index (χ1v) is 15.7. The number of allylic oxidation sites excluding steroid dienone is 1. The zero-order chi connectivity index (χ0) is 30.5. The van der Waals surface area contributed by atoms with E-state index in [1.54, 1.807) is 42.8 Å². The molecule has 1 aromatic heterocycles. The van der Waals surface area contributed by atoms with Crippen molar-refractivity contribution >= 4 is 45.2 Å². The molecule has 1 amide bonds. The van der Waals surface area contributed by atoms with Crippen molar-refractivity contribution in [2.45, 2.75) is 45.0 Å². The van der Waals surface area contributed by atoms with Gasteiger partial charge in [-0.2, -0.15) is 4.98 Å². The number of amides is 1. The molecular formula is C32H34BrN5O4S. The van der Waals surface area contributed by atoms with Crippen LogP contribution in [-0.4, -0.2) is 40.6 Å². The first-order chi connectivity index (χ1) is 20.8.